The quantitative estimate of drug-likeness (QED) is 0.229. The van der Waals surface area contributed by atoms with Gasteiger partial charge in [0.2, 0.25) is 5.91 Å². The lowest BCUT2D eigenvalue weighted by molar-refractivity contribution is -0.192. The van der Waals surface area contributed by atoms with Crippen LogP contribution in [0.5, 0.6) is 5.75 Å². The number of pyridine rings is 1. The fourth-order valence-electron chi connectivity index (χ4n) is 4.40. The second-order valence-electron chi connectivity index (χ2n) is 11.1. The van der Waals surface area contributed by atoms with Gasteiger partial charge in [0.25, 0.3) is 5.91 Å². The van der Waals surface area contributed by atoms with E-state index in [2.05, 4.69) is 10.3 Å². The van der Waals surface area contributed by atoms with Crippen LogP contribution < -0.4 is 15.5 Å². The number of carbonyl (C=O) groups is 4. The molecule has 2 heterocycles. The molecule has 1 saturated heterocycles. The lowest BCUT2D eigenvalue weighted by atomic mass is 10.0. The molecule has 0 bridgehead atoms. The Morgan fingerprint density at radius 3 is 2.22 bits per heavy atom. The highest BCUT2D eigenvalue weighted by Crippen LogP contribution is 2.23. The Morgan fingerprint density at radius 1 is 1.02 bits per heavy atom. The monoisotopic (exact) mass is 634 g/mol. The summed E-state index contributed by atoms with van der Waals surface area (Å²) >= 11 is 0. The first-order chi connectivity index (χ1) is 21.0. The lowest BCUT2D eigenvalue weighted by Crippen LogP contribution is -2.45. The van der Waals surface area contributed by atoms with Crippen molar-refractivity contribution in [3.63, 3.8) is 0 Å². The molecule has 1 aromatic heterocycles. The van der Waals surface area contributed by atoms with Gasteiger partial charge in [-0.05, 0) is 64.1 Å². The molecular weight excluding hydrogens is 601 g/mol. The topological polar surface area (TPSA) is 167 Å². The van der Waals surface area contributed by atoms with Crippen LogP contribution in [-0.2, 0) is 20.9 Å². The van der Waals surface area contributed by atoms with E-state index in [-0.39, 0.29) is 13.1 Å². The van der Waals surface area contributed by atoms with E-state index in [4.69, 9.17) is 24.6 Å². The molecule has 0 unspecified atom stereocenters. The third kappa shape index (κ3) is 9.79. The second-order valence-corrected chi connectivity index (χ2v) is 11.1. The summed E-state index contributed by atoms with van der Waals surface area (Å²) in [6, 6.07) is 15.8. The summed E-state index contributed by atoms with van der Waals surface area (Å²) in [6.45, 7) is 7.58. The molecule has 0 radical (unpaired) electrons. The molecule has 3 amide bonds. The van der Waals surface area contributed by atoms with Gasteiger partial charge in [-0.1, -0.05) is 18.2 Å². The summed E-state index contributed by atoms with van der Waals surface area (Å²) in [5.41, 5.74) is 4.09. The van der Waals surface area contributed by atoms with Crippen molar-refractivity contribution in [2.75, 3.05) is 13.1 Å². The van der Waals surface area contributed by atoms with Crippen LogP contribution in [0.25, 0.3) is 10.9 Å². The van der Waals surface area contributed by atoms with Gasteiger partial charge in [-0.2, -0.15) is 13.2 Å². The third-order valence-electron chi connectivity index (χ3n) is 6.42. The Morgan fingerprint density at radius 2 is 1.64 bits per heavy atom. The zero-order chi connectivity index (χ0) is 33.5. The number of fused-ring (bicyclic) bond motifs is 1. The van der Waals surface area contributed by atoms with Crippen LogP contribution in [0.4, 0.5) is 18.0 Å². The number of ether oxygens (including phenoxy) is 2. The molecule has 1 aliphatic heterocycles. The second kappa shape index (κ2) is 14.2. The maximum Gasteiger partial charge on any atom is 0.490 e. The van der Waals surface area contributed by atoms with Crippen LogP contribution in [0.1, 0.15) is 42.4 Å². The number of hydroxylamine groups is 1. The van der Waals surface area contributed by atoms with Crippen LogP contribution >= 0.6 is 0 Å². The van der Waals surface area contributed by atoms with Crippen LogP contribution in [0.3, 0.4) is 0 Å². The molecule has 1 fully saturated rings. The largest absolute Gasteiger partial charge is 0.490 e. The highest BCUT2D eigenvalue weighted by Gasteiger charge is 2.42. The number of likely N-dealkylation sites (tertiary alicyclic amines) is 1. The number of halogens is 3. The molecule has 4 N–H and O–H groups in total. The van der Waals surface area contributed by atoms with Gasteiger partial charge in [0.1, 0.15) is 18.0 Å². The number of rotatable bonds is 6. The fraction of sp³-hybridized carbons (Fsp3) is 0.367. The molecule has 15 heteroatoms. The number of hydrogen-bond donors (Lipinski definition) is 4. The minimum atomic E-state index is -5.08. The molecule has 0 aliphatic carbocycles. The molecule has 2 aromatic carbocycles. The standard InChI is InChI=1S/C28H32N4O6.C2HF3O2/c1-17-13-19(21-7-5-6-8-23(21)29-17)16-37-20-11-9-18(10-12-20)25(33)30-24-15-32(14-22(24)26(34)31-36)27(35)38-28(2,3)4;3-2(4,5)1(6)7/h5-13,22,24,36H,14-16H2,1-4H3,(H,30,33)(H,31,34);(H,6,7)/t22-,24-;/m0./s1. The SMILES string of the molecule is Cc1cc(COc2ccc(C(=O)N[C@H]3CN(C(=O)OC(C)(C)C)C[C@@H]3C(=O)NO)cc2)c2ccccc2n1.O=C(O)C(F)(F)F. The summed E-state index contributed by atoms with van der Waals surface area (Å²) in [4.78, 5) is 52.4. The van der Waals surface area contributed by atoms with E-state index in [0.717, 1.165) is 22.2 Å². The molecule has 45 heavy (non-hydrogen) atoms. The van der Waals surface area contributed by atoms with Crippen LogP contribution in [0.2, 0.25) is 0 Å². The van der Waals surface area contributed by atoms with Gasteiger partial charge < -0.3 is 24.8 Å². The first-order valence-corrected chi connectivity index (χ1v) is 13.6. The summed E-state index contributed by atoms with van der Waals surface area (Å²) in [5, 5.41) is 20.1. The molecule has 0 saturated carbocycles. The zero-order valence-corrected chi connectivity index (χ0v) is 24.8. The third-order valence-corrected chi connectivity index (χ3v) is 6.42. The highest BCUT2D eigenvalue weighted by atomic mass is 19.4. The van der Waals surface area contributed by atoms with E-state index < -0.39 is 47.6 Å². The predicted molar refractivity (Wildman–Crippen MR) is 153 cm³/mol. The Hall–Kier alpha value is -4.92. The number of aliphatic carboxylic acids is 1. The molecule has 2 atom stereocenters. The molecule has 242 valence electrons. The van der Waals surface area contributed by atoms with Gasteiger partial charge in [-0.15, -0.1) is 0 Å². The van der Waals surface area contributed by atoms with Crippen LogP contribution in [0.15, 0.2) is 54.6 Å². The first-order valence-electron chi connectivity index (χ1n) is 13.6. The van der Waals surface area contributed by atoms with E-state index in [1.165, 1.54) is 4.90 Å². The smallest absolute Gasteiger partial charge is 0.489 e. The van der Waals surface area contributed by atoms with E-state index in [1.54, 1.807) is 50.5 Å². The first kappa shape index (κ1) is 34.6. The molecular formula is C30H33F3N4O8. The number of aromatic nitrogens is 1. The fourth-order valence-corrected chi connectivity index (χ4v) is 4.40. The number of carbonyl (C=O) groups excluding carboxylic acids is 3. The van der Waals surface area contributed by atoms with Crippen molar-refractivity contribution in [3.8, 4) is 5.75 Å². The Labute approximate surface area is 256 Å². The Bertz CT molecular complexity index is 1540. The molecule has 0 spiro atoms. The molecule has 12 nitrogen and oxygen atoms in total. The maximum atomic E-state index is 12.9. The van der Waals surface area contributed by atoms with Crippen LogP contribution in [-0.4, -0.2) is 75.0 Å². The average Bonchev–Trinajstić information content (AvgIpc) is 3.38. The number of aryl methyl sites for hydroxylation is 1. The lowest BCUT2D eigenvalue weighted by Gasteiger charge is -2.24. The van der Waals surface area contributed by atoms with E-state index in [9.17, 15) is 27.6 Å². The Kier molecular flexibility index (Phi) is 10.9. The normalized spacial score (nSPS) is 16.3. The van der Waals surface area contributed by atoms with Gasteiger partial charge in [-0.25, -0.2) is 15.1 Å². The van der Waals surface area contributed by atoms with Crippen molar-refractivity contribution >= 4 is 34.8 Å². The molecule has 3 aromatic rings. The minimum Gasteiger partial charge on any atom is -0.489 e. The summed E-state index contributed by atoms with van der Waals surface area (Å²) in [6.07, 6.45) is -5.68. The zero-order valence-electron chi connectivity index (χ0n) is 24.8. The maximum absolute atomic E-state index is 12.9. The summed E-state index contributed by atoms with van der Waals surface area (Å²) in [7, 11) is 0. The van der Waals surface area contributed by atoms with Crippen LogP contribution in [0, 0.1) is 12.8 Å². The summed E-state index contributed by atoms with van der Waals surface area (Å²) in [5.74, 6) is -4.11. The van der Waals surface area contributed by atoms with E-state index in [1.807, 2.05) is 37.3 Å². The molecule has 4 rings (SSSR count). The van der Waals surface area contributed by atoms with Crippen molar-refractivity contribution < 1.29 is 52.1 Å². The summed E-state index contributed by atoms with van der Waals surface area (Å²) < 4.78 is 43.1. The van der Waals surface area contributed by atoms with Gasteiger partial charge in [-0.3, -0.25) is 19.8 Å². The van der Waals surface area contributed by atoms with Gasteiger partial charge >= 0.3 is 18.2 Å². The predicted octanol–water partition coefficient (Wildman–Crippen LogP) is 4.23. The van der Waals surface area contributed by atoms with Gasteiger partial charge in [0, 0.05) is 35.3 Å². The van der Waals surface area contributed by atoms with Crippen molar-refractivity contribution in [2.24, 2.45) is 5.92 Å². The van der Waals surface area contributed by atoms with Gasteiger partial charge in [0.15, 0.2) is 0 Å². The van der Waals surface area contributed by atoms with Crippen molar-refractivity contribution in [1.82, 2.24) is 20.7 Å². The van der Waals surface area contributed by atoms with Crippen molar-refractivity contribution in [1.29, 1.82) is 0 Å². The molecule has 1 aliphatic rings. The number of carboxylic acid groups (broad SMARTS) is 1. The number of benzene rings is 2. The number of hydrogen-bond acceptors (Lipinski definition) is 8. The highest BCUT2D eigenvalue weighted by molar-refractivity contribution is 5.95. The minimum absolute atomic E-state index is 0.00218. The number of carboxylic acids is 1. The number of para-hydroxylation sites is 1. The Balaban J connectivity index is 0.000000707. The van der Waals surface area contributed by atoms with E-state index >= 15 is 0 Å². The number of nitrogens with zero attached hydrogens (tertiary/aromatic N) is 2. The van der Waals surface area contributed by atoms with E-state index in [0.29, 0.717) is 17.9 Å². The number of alkyl halides is 3. The number of amides is 3. The van der Waals surface area contributed by atoms with Gasteiger partial charge in [0.05, 0.1) is 17.5 Å². The average molecular weight is 635 g/mol. The number of nitrogens with one attached hydrogen (secondary N) is 2. The van der Waals surface area contributed by atoms with Crippen molar-refractivity contribution in [3.05, 3.63) is 71.4 Å². The van der Waals surface area contributed by atoms with Crippen molar-refractivity contribution in [2.45, 2.75) is 52.1 Å².